The first-order valence-electron chi connectivity index (χ1n) is 4.51. The normalized spacial score (nSPS) is 11.1. The highest BCUT2D eigenvalue weighted by molar-refractivity contribution is 5.79. The molecule has 0 saturated carbocycles. The van der Waals surface area contributed by atoms with Crippen molar-refractivity contribution in [1.82, 2.24) is 0 Å². The highest BCUT2D eigenvalue weighted by Gasteiger charge is 2.40. The largest absolute Gasteiger partial charge is 0.476 e. The molecule has 82 valence electrons. The van der Waals surface area contributed by atoms with Gasteiger partial charge in [0.05, 0.1) is 0 Å². The first kappa shape index (κ1) is 11.5. The predicted molar refractivity (Wildman–Crippen MR) is 54.3 cm³/mol. The van der Waals surface area contributed by atoms with Gasteiger partial charge in [-0.05, 0) is 19.1 Å². The number of hydrogen-bond donors (Lipinski definition) is 3. The summed E-state index contributed by atoms with van der Waals surface area (Å²) < 4.78 is 0. The second kappa shape index (κ2) is 4.29. The number of nitrogens with zero attached hydrogens (tertiary/aromatic N) is 1. The lowest BCUT2D eigenvalue weighted by atomic mass is 10.2. The minimum Gasteiger partial charge on any atom is -0.476 e. The fourth-order valence-electron chi connectivity index (χ4n) is 1.31. The summed E-state index contributed by atoms with van der Waals surface area (Å²) in [5.41, 5.74) is 0.437. The second-order valence-electron chi connectivity index (χ2n) is 3.02. The molecular formula is C10H13NO4. The van der Waals surface area contributed by atoms with Gasteiger partial charge in [0.2, 0.25) is 0 Å². The molecule has 0 saturated heterocycles. The molecule has 5 nitrogen and oxygen atoms in total. The Morgan fingerprint density at radius 2 is 1.87 bits per heavy atom. The molecule has 0 unspecified atom stereocenters. The minimum absolute atomic E-state index is 0.170. The zero-order valence-electron chi connectivity index (χ0n) is 8.29. The molecule has 0 aliphatic rings. The molecule has 0 fully saturated rings. The Bertz CT molecular complexity index is 337. The maximum absolute atomic E-state index is 10.7. The fourth-order valence-corrected chi connectivity index (χ4v) is 1.31. The summed E-state index contributed by atoms with van der Waals surface area (Å²) in [6.07, 6.45) is 0. The zero-order valence-corrected chi connectivity index (χ0v) is 8.29. The Labute approximate surface area is 87.2 Å². The van der Waals surface area contributed by atoms with Gasteiger partial charge >= 0.3 is 11.9 Å². The van der Waals surface area contributed by atoms with E-state index in [1.54, 1.807) is 37.3 Å². The van der Waals surface area contributed by atoms with Crippen molar-refractivity contribution >= 4 is 11.7 Å². The lowest BCUT2D eigenvalue weighted by molar-refractivity contribution is -0.203. The molecule has 0 spiro atoms. The van der Waals surface area contributed by atoms with Crippen LogP contribution in [0.5, 0.6) is 0 Å². The first-order chi connectivity index (χ1) is 7.00. The van der Waals surface area contributed by atoms with E-state index in [9.17, 15) is 15.0 Å². The third-order valence-electron chi connectivity index (χ3n) is 2.05. The number of aliphatic carboxylic acids is 1. The van der Waals surface area contributed by atoms with Crippen molar-refractivity contribution in [3.05, 3.63) is 30.3 Å². The minimum atomic E-state index is -2.88. The number of aliphatic hydroxyl groups is 2. The van der Waals surface area contributed by atoms with Crippen LogP contribution in [0.15, 0.2) is 30.3 Å². The van der Waals surface area contributed by atoms with Gasteiger partial charge in [0.25, 0.3) is 0 Å². The molecule has 1 aromatic carbocycles. The van der Waals surface area contributed by atoms with E-state index in [0.29, 0.717) is 5.69 Å². The number of para-hydroxylation sites is 1. The molecule has 0 amide bonds. The van der Waals surface area contributed by atoms with Crippen LogP contribution in [-0.4, -0.2) is 33.7 Å². The van der Waals surface area contributed by atoms with Gasteiger partial charge in [0.15, 0.2) is 0 Å². The van der Waals surface area contributed by atoms with E-state index in [4.69, 9.17) is 5.11 Å². The first-order valence-corrected chi connectivity index (χ1v) is 4.51. The van der Waals surface area contributed by atoms with Crippen molar-refractivity contribution in [2.45, 2.75) is 12.8 Å². The molecule has 1 rings (SSSR count). The van der Waals surface area contributed by atoms with Gasteiger partial charge in [-0.3, -0.25) is 0 Å². The van der Waals surface area contributed by atoms with Crippen LogP contribution in [0.25, 0.3) is 0 Å². The summed E-state index contributed by atoms with van der Waals surface area (Å²) in [6.45, 7) is 1.81. The molecule has 3 N–H and O–H groups in total. The van der Waals surface area contributed by atoms with Gasteiger partial charge in [-0.15, -0.1) is 0 Å². The summed E-state index contributed by atoms with van der Waals surface area (Å²) in [7, 11) is 0. The van der Waals surface area contributed by atoms with E-state index in [0.717, 1.165) is 4.90 Å². The van der Waals surface area contributed by atoms with Crippen molar-refractivity contribution in [3.8, 4) is 0 Å². The third-order valence-corrected chi connectivity index (χ3v) is 2.05. The average molecular weight is 211 g/mol. The molecule has 0 aliphatic heterocycles. The Morgan fingerprint density at radius 1 is 1.33 bits per heavy atom. The summed E-state index contributed by atoms with van der Waals surface area (Å²) >= 11 is 0. The van der Waals surface area contributed by atoms with Crippen LogP contribution in [0.2, 0.25) is 0 Å². The number of hydrogen-bond acceptors (Lipinski definition) is 4. The number of anilines is 1. The third kappa shape index (κ3) is 2.26. The number of carboxylic acids is 1. The molecule has 15 heavy (non-hydrogen) atoms. The fraction of sp³-hybridized carbons (Fsp3) is 0.300. The van der Waals surface area contributed by atoms with Gasteiger partial charge < -0.3 is 20.2 Å². The summed E-state index contributed by atoms with van der Waals surface area (Å²) in [5, 5.41) is 27.4. The molecule has 1 aromatic rings. The molecule has 0 aromatic heterocycles. The number of likely N-dealkylation sites (N-methyl/N-ethyl adjacent to an activating group) is 1. The monoisotopic (exact) mass is 211 g/mol. The Morgan fingerprint density at radius 3 is 2.27 bits per heavy atom. The van der Waals surface area contributed by atoms with E-state index in [1.807, 2.05) is 0 Å². The standard InChI is InChI=1S/C10H13NO4/c1-2-11(10(14,15)9(12)13)8-6-4-3-5-7-8/h3-7,14-15H,2H2,1H3,(H,12,13). The number of carboxylic acid groups (broad SMARTS) is 1. The number of carbonyl (C=O) groups is 1. The summed E-state index contributed by atoms with van der Waals surface area (Å²) in [6, 6.07) is 8.35. The average Bonchev–Trinajstić information content (AvgIpc) is 2.19. The highest BCUT2D eigenvalue weighted by Crippen LogP contribution is 2.20. The second-order valence-corrected chi connectivity index (χ2v) is 3.02. The molecule has 0 radical (unpaired) electrons. The van der Waals surface area contributed by atoms with Crippen LogP contribution in [0.4, 0.5) is 5.69 Å². The molecule has 0 atom stereocenters. The van der Waals surface area contributed by atoms with Gasteiger partial charge in [-0.2, -0.15) is 0 Å². The van der Waals surface area contributed by atoms with E-state index in [-0.39, 0.29) is 6.54 Å². The van der Waals surface area contributed by atoms with Gasteiger partial charge in [0, 0.05) is 12.2 Å². The Hall–Kier alpha value is -1.59. The zero-order chi connectivity index (χ0) is 11.5. The lowest BCUT2D eigenvalue weighted by Crippen LogP contribution is -2.55. The van der Waals surface area contributed by atoms with Gasteiger partial charge in [-0.25, -0.2) is 4.79 Å². The van der Waals surface area contributed by atoms with E-state index in [2.05, 4.69) is 0 Å². The van der Waals surface area contributed by atoms with Crippen molar-refractivity contribution in [2.75, 3.05) is 11.4 Å². The van der Waals surface area contributed by atoms with E-state index >= 15 is 0 Å². The van der Waals surface area contributed by atoms with Crippen molar-refractivity contribution in [1.29, 1.82) is 0 Å². The van der Waals surface area contributed by atoms with Crippen molar-refractivity contribution in [3.63, 3.8) is 0 Å². The quantitative estimate of drug-likeness (QED) is 0.621. The van der Waals surface area contributed by atoms with Crippen LogP contribution in [-0.2, 0) is 4.79 Å². The predicted octanol–water partition coefficient (Wildman–Crippen LogP) is 0.236. The molecular weight excluding hydrogens is 198 g/mol. The van der Waals surface area contributed by atoms with Crippen LogP contribution < -0.4 is 4.90 Å². The molecule has 0 aliphatic carbocycles. The van der Waals surface area contributed by atoms with Crippen LogP contribution in [0, 0.1) is 0 Å². The van der Waals surface area contributed by atoms with Gasteiger partial charge in [-0.1, -0.05) is 18.2 Å². The van der Waals surface area contributed by atoms with Crippen molar-refractivity contribution < 1.29 is 20.1 Å². The SMILES string of the molecule is CCN(c1ccccc1)C(O)(O)C(=O)O. The van der Waals surface area contributed by atoms with Crippen LogP contribution in [0.1, 0.15) is 6.92 Å². The maximum atomic E-state index is 10.7. The van der Waals surface area contributed by atoms with E-state index < -0.39 is 11.9 Å². The Balaban J connectivity index is 3.05. The maximum Gasteiger partial charge on any atom is 0.387 e. The van der Waals surface area contributed by atoms with Crippen LogP contribution in [0.3, 0.4) is 0 Å². The summed E-state index contributed by atoms with van der Waals surface area (Å²) in [4.78, 5) is 11.6. The smallest absolute Gasteiger partial charge is 0.387 e. The topological polar surface area (TPSA) is 81.0 Å². The highest BCUT2D eigenvalue weighted by atomic mass is 16.6. The number of benzene rings is 1. The summed E-state index contributed by atoms with van der Waals surface area (Å²) in [5.74, 6) is -4.58. The Kier molecular flexibility index (Phi) is 3.28. The molecule has 0 bridgehead atoms. The van der Waals surface area contributed by atoms with Crippen molar-refractivity contribution in [2.24, 2.45) is 0 Å². The van der Waals surface area contributed by atoms with E-state index in [1.165, 1.54) is 0 Å². The van der Waals surface area contributed by atoms with Gasteiger partial charge in [0.1, 0.15) is 0 Å². The number of rotatable bonds is 4. The van der Waals surface area contributed by atoms with Crippen LogP contribution >= 0.6 is 0 Å². The lowest BCUT2D eigenvalue weighted by Gasteiger charge is -2.32. The molecule has 5 heteroatoms. The molecule has 0 heterocycles.